The molecule has 0 aromatic rings. The van der Waals surface area contributed by atoms with E-state index in [-0.39, 0.29) is 6.42 Å². The van der Waals surface area contributed by atoms with E-state index < -0.39 is 35.8 Å². The molecule has 0 saturated heterocycles. The molecule has 162 valence electrons. The van der Waals surface area contributed by atoms with E-state index in [1.165, 1.54) is 26.4 Å². The van der Waals surface area contributed by atoms with Crippen LogP contribution in [0.2, 0.25) is 0 Å². The first-order valence-electron chi connectivity index (χ1n) is 9.93. The average Bonchev–Trinajstić information content (AvgIpc) is 2.70. The Morgan fingerprint density at radius 1 is 0.893 bits per heavy atom. The summed E-state index contributed by atoms with van der Waals surface area (Å²) >= 11 is 0. The van der Waals surface area contributed by atoms with Gasteiger partial charge in [0.15, 0.2) is 5.60 Å². The lowest BCUT2D eigenvalue weighted by Gasteiger charge is -2.31. The third-order valence-electron chi connectivity index (χ3n) is 4.89. The highest BCUT2D eigenvalue weighted by atomic mass is 16.6. The Morgan fingerprint density at radius 3 is 1.89 bits per heavy atom. The van der Waals surface area contributed by atoms with Crippen LogP contribution in [0.5, 0.6) is 0 Å². The molecular weight excluding hydrogens is 364 g/mol. The monoisotopic (exact) mass is 400 g/mol. The van der Waals surface area contributed by atoms with Crippen molar-refractivity contribution in [2.45, 2.75) is 76.2 Å². The highest BCUT2D eigenvalue weighted by Gasteiger charge is 2.51. The number of carbonyl (C=O) groups excluding carboxylic acids is 3. The second kappa shape index (κ2) is 15.1. The van der Waals surface area contributed by atoms with Gasteiger partial charge in [-0.2, -0.15) is 0 Å². The predicted octanol–water partition coefficient (Wildman–Crippen LogP) is 3.33. The molecule has 0 amide bonds. The molecule has 0 spiro atoms. The molecule has 0 saturated carbocycles. The number of methoxy groups -OCH3 is 3. The molecule has 7 heteroatoms. The minimum Gasteiger partial charge on any atom is -0.469 e. The van der Waals surface area contributed by atoms with E-state index in [0.29, 0.717) is 6.42 Å². The van der Waals surface area contributed by atoms with Crippen molar-refractivity contribution in [3.8, 4) is 0 Å². The highest BCUT2D eigenvalue weighted by molar-refractivity contribution is 5.91. The summed E-state index contributed by atoms with van der Waals surface area (Å²) < 4.78 is 13.9. The zero-order valence-electron chi connectivity index (χ0n) is 17.5. The second-order valence-electron chi connectivity index (χ2n) is 6.94. The lowest BCUT2D eigenvalue weighted by Crippen LogP contribution is -2.51. The third-order valence-corrected chi connectivity index (χ3v) is 4.89. The van der Waals surface area contributed by atoms with Crippen molar-refractivity contribution < 1.29 is 33.7 Å². The van der Waals surface area contributed by atoms with Crippen molar-refractivity contribution in [1.82, 2.24) is 0 Å². The number of allylic oxidation sites excluding steroid dienone is 1. The summed E-state index contributed by atoms with van der Waals surface area (Å²) in [5.41, 5.74) is -2.31. The molecule has 0 aliphatic heterocycles. The van der Waals surface area contributed by atoms with Crippen LogP contribution in [0.4, 0.5) is 0 Å². The molecule has 7 nitrogen and oxygen atoms in total. The molecule has 0 unspecified atom stereocenters. The van der Waals surface area contributed by atoms with Crippen LogP contribution in [-0.4, -0.2) is 49.9 Å². The number of hydrogen-bond donors (Lipinski definition) is 1. The molecule has 0 aromatic heterocycles. The van der Waals surface area contributed by atoms with Gasteiger partial charge < -0.3 is 19.3 Å². The van der Waals surface area contributed by atoms with Crippen molar-refractivity contribution in [1.29, 1.82) is 0 Å². The first-order valence-corrected chi connectivity index (χ1v) is 9.93. The fourth-order valence-electron chi connectivity index (χ4n) is 3.20. The summed E-state index contributed by atoms with van der Waals surface area (Å²) in [6, 6.07) is 0. The summed E-state index contributed by atoms with van der Waals surface area (Å²) in [5.74, 6) is -3.80. The van der Waals surface area contributed by atoms with Crippen LogP contribution < -0.4 is 0 Å². The van der Waals surface area contributed by atoms with E-state index in [2.05, 4.69) is 16.1 Å². The van der Waals surface area contributed by atoms with Gasteiger partial charge in [0, 0.05) is 0 Å². The first kappa shape index (κ1) is 26.1. The van der Waals surface area contributed by atoms with E-state index in [0.717, 1.165) is 46.3 Å². The van der Waals surface area contributed by atoms with Gasteiger partial charge in [0.05, 0.1) is 33.7 Å². The van der Waals surface area contributed by atoms with Crippen molar-refractivity contribution >= 4 is 17.9 Å². The van der Waals surface area contributed by atoms with Gasteiger partial charge >= 0.3 is 17.9 Å². The normalized spacial score (nSPS) is 13.9. The smallest absolute Gasteiger partial charge is 0.339 e. The molecule has 0 aliphatic carbocycles. The molecule has 0 aromatic carbocycles. The van der Waals surface area contributed by atoms with Crippen LogP contribution in [0.3, 0.4) is 0 Å². The molecule has 0 fully saturated rings. The van der Waals surface area contributed by atoms with E-state index >= 15 is 0 Å². The van der Waals surface area contributed by atoms with Gasteiger partial charge in [-0.1, -0.05) is 51.0 Å². The minimum atomic E-state index is -2.31. The van der Waals surface area contributed by atoms with Gasteiger partial charge in [-0.25, -0.2) is 4.79 Å². The van der Waals surface area contributed by atoms with Crippen LogP contribution in [-0.2, 0) is 28.6 Å². The molecular formula is C21H36O7. The van der Waals surface area contributed by atoms with Gasteiger partial charge in [0.1, 0.15) is 0 Å². The highest BCUT2D eigenvalue weighted by Crippen LogP contribution is 2.30. The number of rotatable bonds is 16. The van der Waals surface area contributed by atoms with Gasteiger partial charge in [0.25, 0.3) is 0 Å². The van der Waals surface area contributed by atoms with Gasteiger partial charge in [0.2, 0.25) is 0 Å². The molecule has 0 heterocycles. The number of ether oxygens (including phenoxy) is 3. The molecule has 2 atom stereocenters. The van der Waals surface area contributed by atoms with Crippen molar-refractivity contribution in [2.24, 2.45) is 5.92 Å². The lowest BCUT2D eigenvalue weighted by atomic mass is 9.80. The van der Waals surface area contributed by atoms with Crippen LogP contribution in [0.25, 0.3) is 0 Å². The number of carbonyl (C=O) groups is 3. The fourth-order valence-corrected chi connectivity index (χ4v) is 3.20. The van der Waals surface area contributed by atoms with Crippen molar-refractivity contribution in [3.05, 3.63) is 12.7 Å². The van der Waals surface area contributed by atoms with E-state index in [4.69, 9.17) is 4.74 Å². The zero-order valence-corrected chi connectivity index (χ0v) is 17.5. The minimum absolute atomic E-state index is 0.217. The van der Waals surface area contributed by atoms with Crippen molar-refractivity contribution in [2.75, 3.05) is 21.3 Å². The average molecular weight is 401 g/mol. The number of aliphatic hydroxyl groups is 1. The standard InChI is InChI=1S/C21H36O7/c1-5-6-7-8-9-10-11-12-13-14-15-17(19(23)27-3)21(25,20(24)28-4)16-18(22)26-2/h5,17,25H,1,6-16H2,2-4H3/t17-,21+/m0/s1. The Hall–Kier alpha value is -1.89. The Morgan fingerprint density at radius 2 is 1.43 bits per heavy atom. The Kier molecular flexibility index (Phi) is 14.1. The summed E-state index contributed by atoms with van der Waals surface area (Å²) in [4.78, 5) is 36.0. The summed E-state index contributed by atoms with van der Waals surface area (Å²) in [5, 5.41) is 10.8. The topological polar surface area (TPSA) is 99.1 Å². The van der Waals surface area contributed by atoms with Crippen molar-refractivity contribution in [3.63, 3.8) is 0 Å². The summed E-state index contributed by atoms with van der Waals surface area (Å²) in [7, 11) is 3.41. The number of esters is 3. The number of unbranched alkanes of at least 4 members (excludes halogenated alkanes) is 8. The van der Waals surface area contributed by atoms with Crippen LogP contribution in [0, 0.1) is 5.92 Å². The zero-order chi connectivity index (χ0) is 21.4. The van der Waals surface area contributed by atoms with E-state index in [1.807, 2.05) is 6.08 Å². The Bertz CT molecular complexity index is 489. The fraction of sp³-hybridized carbons (Fsp3) is 0.762. The van der Waals surface area contributed by atoms with Crippen LogP contribution >= 0.6 is 0 Å². The molecule has 0 radical (unpaired) electrons. The largest absolute Gasteiger partial charge is 0.469 e. The molecule has 28 heavy (non-hydrogen) atoms. The first-order chi connectivity index (χ1) is 13.4. The van der Waals surface area contributed by atoms with E-state index in [9.17, 15) is 19.5 Å². The molecule has 0 rings (SSSR count). The Labute approximate surface area is 168 Å². The molecule has 0 bridgehead atoms. The summed E-state index contributed by atoms with van der Waals surface area (Å²) in [6.45, 7) is 3.71. The van der Waals surface area contributed by atoms with Gasteiger partial charge in [-0.3, -0.25) is 9.59 Å². The molecule has 1 N–H and O–H groups in total. The van der Waals surface area contributed by atoms with Gasteiger partial charge in [-0.05, 0) is 19.3 Å². The predicted molar refractivity (Wildman–Crippen MR) is 105 cm³/mol. The van der Waals surface area contributed by atoms with Crippen LogP contribution in [0.1, 0.15) is 70.6 Å². The maximum absolute atomic E-state index is 12.2. The van der Waals surface area contributed by atoms with E-state index in [1.54, 1.807) is 0 Å². The van der Waals surface area contributed by atoms with Crippen LogP contribution in [0.15, 0.2) is 12.7 Å². The third kappa shape index (κ3) is 9.35. The quantitative estimate of drug-likeness (QED) is 0.184. The SMILES string of the molecule is C=CCCCCCCCCCC[C@@H](C(=O)OC)[C@](O)(CC(=O)OC)C(=O)OC. The maximum atomic E-state index is 12.2. The maximum Gasteiger partial charge on any atom is 0.339 e. The lowest BCUT2D eigenvalue weighted by molar-refractivity contribution is -0.183. The molecule has 0 aliphatic rings. The second-order valence-corrected chi connectivity index (χ2v) is 6.94. The number of hydrogen-bond acceptors (Lipinski definition) is 7. The Balaban J connectivity index is 4.63. The van der Waals surface area contributed by atoms with Gasteiger partial charge in [-0.15, -0.1) is 6.58 Å². The summed E-state index contributed by atoms with van der Waals surface area (Å²) in [6.07, 6.45) is 10.9.